The lowest BCUT2D eigenvalue weighted by atomic mass is 10.1. The predicted octanol–water partition coefficient (Wildman–Crippen LogP) is 2.05. The Labute approximate surface area is 93.2 Å². The fourth-order valence-corrected chi connectivity index (χ4v) is 3.80. The third-order valence-corrected chi connectivity index (χ3v) is 4.93. The predicted molar refractivity (Wildman–Crippen MR) is 65.4 cm³/mol. The maximum absolute atomic E-state index is 5.99. The number of benzene rings is 1. The molecule has 0 aliphatic carbocycles. The van der Waals surface area contributed by atoms with Crippen molar-refractivity contribution in [3.63, 3.8) is 0 Å². The molecule has 0 saturated carbocycles. The number of rotatable bonds is 3. The number of hydrogen-bond donors (Lipinski definition) is 1. The van der Waals surface area contributed by atoms with Gasteiger partial charge in [0.15, 0.2) is 8.96 Å². The highest BCUT2D eigenvalue weighted by molar-refractivity contribution is 6.77. The molecule has 0 saturated heterocycles. The standard InChI is InChI=1S/C11H17ClNSi/c1-11(2,3)13-14(9-12)10-7-5-4-6-8-10/h4-8,13H,9H2,1-3H3. The van der Waals surface area contributed by atoms with E-state index in [1.54, 1.807) is 0 Å². The summed E-state index contributed by atoms with van der Waals surface area (Å²) in [5, 5.41) is 1.35. The SMILES string of the molecule is CC(C)(C)N[Si](CCl)c1ccccc1. The second kappa shape index (κ2) is 4.96. The van der Waals surface area contributed by atoms with E-state index < -0.39 is 8.96 Å². The first-order chi connectivity index (χ1) is 6.53. The number of nitrogens with one attached hydrogen (secondary N) is 1. The van der Waals surface area contributed by atoms with Crippen LogP contribution < -0.4 is 10.2 Å². The average molecular weight is 227 g/mol. The fraction of sp³-hybridized carbons (Fsp3) is 0.455. The van der Waals surface area contributed by atoms with Gasteiger partial charge in [-0.05, 0) is 26.0 Å². The lowest BCUT2D eigenvalue weighted by molar-refractivity contribution is 0.520. The molecule has 1 aromatic carbocycles. The highest BCUT2D eigenvalue weighted by Gasteiger charge is 2.19. The Bertz CT molecular complexity index is 268. The zero-order chi connectivity index (χ0) is 10.6. The minimum absolute atomic E-state index is 0.138. The van der Waals surface area contributed by atoms with Crippen LogP contribution in [0, 0.1) is 0 Å². The third kappa shape index (κ3) is 3.82. The molecular formula is C11H17ClNSi. The van der Waals surface area contributed by atoms with Gasteiger partial charge in [-0.3, -0.25) is 0 Å². The van der Waals surface area contributed by atoms with E-state index in [0.717, 1.165) is 0 Å². The maximum Gasteiger partial charge on any atom is 0.186 e. The molecule has 77 valence electrons. The van der Waals surface area contributed by atoms with Crippen molar-refractivity contribution in [3.8, 4) is 0 Å². The summed E-state index contributed by atoms with van der Waals surface area (Å²) in [5.74, 6) is 0. The van der Waals surface area contributed by atoms with E-state index in [-0.39, 0.29) is 5.54 Å². The van der Waals surface area contributed by atoms with Crippen LogP contribution in [-0.4, -0.2) is 20.0 Å². The summed E-state index contributed by atoms with van der Waals surface area (Å²) < 4.78 is 0. The van der Waals surface area contributed by atoms with Crippen LogP contribution >= 0.6 is 11.6 Å². The first-order valence-corrected chi connectivity index (χ1v) is 7.02. The Balaban J connectivity index is 2.73. The molecule has 0 aromatic heterocycles. The van der Waals surface area contributed by atoms with Gasteiger partial charge in [-0.25, -0.2) is 0 Å². The molecule has 0 amide bonds. The first kappa shape index (κ1) is 11.8. The minimum Gasteiger partial charge on any atom is -0.329 e. The average Bonchev–Trinajstić information content (AvgIpc) is 2.14. The zero-order valence-electron chi connectivity index (χ0n) is 8.97. The van der Waals surface area contributed by atoms with Gasteiger partial charge in [0.1, 0.15) is 0 Å². The molecule has 0 heterocycles. The second-order valence-corrected chi connectivity index (χ2v) is 7.21. The van der Waals surface area contributed by atoms with E-state index in [1.807, 2.05) is 6.07 Å². The minimum atomic E-state index is -0.804. The molecule has 1 radical (unpaired) electrons. The molecule has 0 unspecified atom stereocenters. The van der Waals surface area contributed by atoms with E-state index in [1.165, 1.54) is 5.19 Å². The van der Waals surface area contributed by atoms with Crippen LogP contribution in [0.1, 0.15) is 20.8 Å². The molecule has 0 fully saturated rings. The Hall–Kier alpha value is -0.313. The van der Waals surface area contributed by atoms with E-state index in [9.17, 15) is 0 Å². The van der Waals surface area contributed by atoms with Crippen molar-refractivity contribution >= 4 is 25.7 Å². The van der Waals surface area contributed by atoms with Crippen LogP contribution in [0.15, 0.2) is 30.3 Å². The smallest absolute Gasteiger partial charge is 0.186 e. The van der Waals surface area contributed by atoms with Crippen LogP contribution in [0.2, 0.25) is 0 Å². The van der Waals surface area contributed by atoms with Crippen molar-refractivity contribution in [2.75, 3.05) is 5.50 Å². The van der Waals surface area contributed by atoms with Crippen LogP contribution in [0.25, 0.3) is 0 Å². The summed E-state index contributed by atoms with van der Waals surface area (Å²) in [6.45, 7) is 6.52. The van der Waals surface area contributed by atoms with E-state index in [2.05, 4.69) is 50.0 Å². The molecular weight excluding hydrogens is 210 g/mol. The molecule has 0 atom stereocenters. The van der Waals surface area contributed by atoms with Gasteiger partial charge in [0, 0.05) is 11.0 Å². The van der Waals surface area contributed by atoms with E-state index in [0.29, 0.717) is 5.50 Å². The van der Waals surface area contributed by atoms with Crippen LogP contribution in [-0.2, 0) is 0 Å². The topological polar surface area (TPSA) is 12.0 Å². The lowest BCUT2D eigenvalue weighted by Crippen LogP contribution is -2.54. The summed E-state index contributed by atoms with van der Waals surface area (Å²) in [4.78, 5) is 3.59. The Morgan fingerprint density at radius 2 is 1.79 bits per heavy atom. The summed E-state index contributed by atoms with van der Waals surface area (Å²) in [7, 11) is -0.804. The number of alkyl halides is 1. The third-order valence-electron chi connectivity index (χ3n) is 1.78. The molecule has 1 nitrogen and oxygen atoms in total. The van der Waals surface area contributed by atoms with Gasteiger partial charge in [-0.2, -0.15) is 0 Å². The molecule has 14 heavy (non-hydrogen) atoms. The molecule has 1 N–H and O–H groups in total. The summed E-state index contributed by atoms with van der Waals surface area (Å²) >= 11 is 5.99. The quantitative estimate of drug-likeness (QED) is 0.615. The molecule has 0 aliphatic heterocycles. The van der Waals surface area contributed by atoms with Crippen LogP contribution in [0.5, 0.6) is 0 Å². The van der Waals surface area contributed by atoms with Crippen molar-refractivity contribution in [3.05, 3.63) is 30.3 Å². The monoisotopic (exact) mass is 226 g/mol. The first-order valence-electron chi connectivity index (χ1n) is 4.78. The maximum atomic E-state index is 5.99. The summed E-state index contributed by atoms with van der Waals surface area (Å²) in [6.07, 6.45) is 0. The van der Waals surface area contributed by atoms with Gasteiger partial charge in [0.05, 0.1) is 0 Å². The van der Waals surface area contributed by atoms with E-state index in [4.69, 9.17) is 11.6 Å². The van der Waals surface area contributed by atoms with Crippen LogP contribution in [0.4, 0.5) is 0 Å². The zero-order valence-corrected chi connectivity index (χ0v) is 10.7. The van der Waals surface area contributed by atoms with Gasteiger partial charge in [-0.15, -0.1) is 11.6 Å². The van der Waals surface area contributed by atoms with Gasteiger partial charge in [0.25, 0.3) is 0 Å². The lowest BCUT2D eigenvalue weighted by Gasteiger charge is -2.26. The molecule has 0 spiro atoms. The van der Waals surface area contributed by atoms with E-state index >= 15 is 0 Å². The van der Waals surface area contributed by atoms with Gasteiger partial charge < -0.3 is 4.98 Å². The molecule has 0 aliphatic rings. The highest BCUT2D eigenvalue weighted by Crippen LogP contribution is 2.01. The Morgan fingerprint density at radius 1 is 1.21 bits per heavy atom. The molecule has 1 rings (SSSR count). The van der Waals surface area contributed by atoms with Gasteiger partial charge in [0.2, 0.25) is 0 Å². The largest absolute Gasteiger partial charge is 0.329 e. The van der Waals surface area contributed by atoms with Crippen molar-refractivity contribution in [1.29, 1.82) is 0 Å². The molecule has 3 heteroatoms. The number of halogens is 1. The van der Waals surface area contributed by atoms with Crippen molar-refractivity contribution < 1.29 is 0 Å². The Kier molecular flexibility index (Phi) is 4.17. The second-order valence-electron chi connectivity index (χ2n) is 4.35. The highest BCUT2D eigenvalue weighted by atomic mass is 35.5. The van der Waals surface area contributed by atoms with Crippen molar-refractivity contribution in [2.24, 2.45) is 0 Å². The molecule has 0 bridgehead atoms. The van der Waals surface area contributed by atoms with Crippen LogP contribution in [0.3, 0.4) is 0 Å². The molecule has 1 aromatic rings. The van der Waals surface area contributed by atoms with Crippen molar-refractivity contribution in [2.45, 2.75) is 26.3 Å². The summed E-state index contributed by atoms with van der Waals surface area (Å²) in [5.41, 5.74) is 0.838. The van der Waals surface area contributed by atoms with Gasteiger partial charge >= 0.3 is 0 Å². The normalized spacial score (nSPS) is 12.1. The van der Waals surface area contributed by atoms with Gasteiger partial charge in [-0.1, -0.05) is 30.3 Å². The Morgan fingerprint density at radius 3 is 2.21 bits per heavy atom. The summed E-state index contributed by atoms with van der Waals surface area (Å²) in [6, 6.07) is 10.5. The fourth-order valence-electron chi connectivity index (χ4n) is 1.27. The number of hydrogen-bond acceptors (Lipinski definition) is 1. The van der Waals surface area contributed by atoms with Crippen molar-refractivity contribution in [1.82, 2.24) is 4.98 Å².